The molecule has 0 heterocycles. The molecular formula is C14H19N. The van der Waals surface area contributed by atoms with Crippen LogP contribution in [0.15, 0.2) is 30.3 Å². The van der Waals surface area contributed by atoms with Gasteiger partial charge < -0.3 is 5.73 Å². The van der Waals surface area contributed by atoms with Crippen LogP contribution in [0.4, 0.5) is 5.69 Å². The number of rotatable bonds is 1. The van der Waals surface area contributed by atoms with E-state index in [1.807, 2.05) is 12.1 Å². The maximum Gasteiger partial charge on any atom is 0.0390 e. The minimum absolute atomic E-state index is 0.921. The normalized spacial score (nSPS) is 21.2. The number of para-hydroxylation sites is 1. The molecule has 1 nitrogen and oxygen atoms in total. The van der Waals surface area contributed by atoms with Gasteiger partial charge in [0, 0.05) is 11.3 Å². The summed E-state index contributed by atoms with van der Waals surface area (Å²) < 4.78 is 0. The lowest BCUT2D eigenvalue weighted by Crippen LogP contribution is -1.95. The second-order valence-electron chi connectivity index (χ2n) is 4.27. The highest BCUT2D eigenvalue weighted by Crippen LogP contribution is 2.28. The lowest BCUT2D eigenvalue weighted by atomic mass is 9.94. The van der Waals surface area contributed by atoms with E-state index in [1.54, 1.807) is 0 Å². The molecule has 0 unspecified atom stereocenters. The lowest BCUT2D eigenvalue weighted by molar-refractivity contribution is 0.643. The molecule has 15 heavy (non-hydrogen) atoms. The summed E-state index contributed by atoms with van der Waals surface area (Å²) in [7, 11) is 0. The summed E-state index contributed by atoms with van der Waals surface area (Å²) in [6.07, 6.45) is 10.2. The maximum atomic E-state index is 6.00. The molecule has 0 radical (unpaired) electrons. The number of hydrogen-bond acceptors (Lipinski definition) is 1. The molecular weight excluding hydrogens is 182 g/mol. The number of benzene rings is 1. The van der Waals surface area contributed by atoms with E-state index in [4.69, 9.17) is 5.73 Å². The average molecular weight is 201 g/mol. The van der Waals surface area contributed by atoms with Crippen LogP contribution in [0.5, 0.6) is 0 Å². The van der Waals surface area contributed by atoms with Crippen molar-refractivity contribution in [2.24, 2.45) is 0 Å². The molecule has 80 valence electrons. The van der Waals surface area contributed by atoms with Crippen molar-refractivity contribution in [2.45, 2.75) is 38.5 Å². The SMILES string of the molecule is Nc1ccccc1/C1=C/CCCCCC1. The van der Waals surface area contributed by atoms with Crippen molar-refractivity contribution in [3.63, 3.8) is 0 Å². The quantitative estimate of drug-likeness (QED) is 0.683. The third kappa shape index (κ3) is 2.62. The van der Waals surface area contributed by atoms with Gasteiger partial charge in [0.05, 0.1) is 0 Å². The summed E-state index contributed by atoms with van der Waals surface area (Å²) in [6.45, 7) is 0. The van der Waals surface area contributed by atoms with Crippen LogP contribution in [0.3, 0.4) is 0 Å². The first-order chi connectivity index (χ1) is 7.38. The first-order valence-corrected chi connectivity index (χ1v) is 5.92. The van der Waals surface area contributed by atoms with Gasteiger partial charge in [-0.25, -0.2) is 0 Å². The fourth-order valence-electron chi connectivity index (χ4n) is 2.23. The number of hydrogen-bond donors (Lipinski definition) is 1. The van der Waals surface area contributed by atoms with Gasteiger partial charge in [-0.15, -0.1) is 0 Å². The predicted molar refractivity (Wildman–Crippen MR) is 66.5 cm³/mol. The Labute approximate surface area is 92.0 Å². The van der Waals surface area contributed by atoms with E-state index >= 15 is 0 Å². The molecule has 0 aromatic heterocycles. The Bertz CT molecular complexity index is 352. The van der Waals surface area contributed by atoms with Crippen LogP contribution in [-0.4, -0.2) is 0 Å². The highest BCUT2D eigenvalue weighted by atomic mass is 14.6. The van der Waals surface area contributed by atoms with E-state index < -0.39 is 0 Å². The summed E-state index contributed by atoms with van der Waals surface area (Å²) >= 11 is 0. The average Bonchev–Trinajstić information content (AvgIpc) is 2.19. The highest BCUT2D eigenvalue weighted by Gasteiger charge is 2.06. The molecule has 1 aromatic carbocycles. The molecule has 0 saturated carbocycles. The first kappa shape index (κ1) is 10.3. The number of nitrogens with two attached hydrogens (primary N) is 1. The van der Waals surface area contributed by atoms with E-state index in [2.05, 4.69) is 18.2 Å². The Balaban J connectivity index is 2.24. The summed E-state index contributed by atoms with van der Waals surface area (Å²) in [6, 6.07) is 8.21. The zero-order valence-electron chi connectivity index (χ0n) is 9.21. The first-order valence-electron chi connectivity index (χ1n) is 5.92. The van der Waals surface area contributed by atoms with Crippen molar-refractivity contribution in [3.8, 4) is 0 Å². The van der Waals surface area contributed by atoms with E-state index in [1.165, 1.54) is 49.7 Å². The molecule has 0 aliphatic heterocycles. The zero-order chi connectivity index (χ0) is 10.5. The third-order valence-corrected chi connectivity index (χ3v) is 3.10. The predicted octanol–water partition coefficient (Wildman–Crippen LogP) is 4.01. The smallest absolute Gasteiger partial charge is 0.0390 e. The molecule has 0 saturated heterocycles. The van der Waals surface area contributed by atoms with Crippen LogP contribution in [-0.2, 0) is 0 Å². The molecule has 2 N–H and O–H groups in total. The van der Waals surface area contributed by atoms with Crippen molar-refractivity contribution in [1.29, 1.82) is 0 Å². The fourth-order valence-corrected chi connectivity index (χ4v) is 2.23. The van der Waals surface area contributed by atoms with Crippen LogP contribution >= 0.6 is 0 Å². The standard InChI is InChI=1S/C14H19N/c15-14-11-7-6-10-13(14)12-8-4-2-1-3-5-9-12/h6-8,10-11H,1-5,9,15H2/b12-8+. The van der Waals surface area contributed by atoms with Crippen molar-refractivity contribution in [3.05, 3.63) is 35.9 Å². The number of anilines is 1. The largest absolute Gasteiger partial charge is 0.398 e. The van der Waals surface area contributed by atoms with Gasteiger partial charge in [0.15, 0.2) is 0 Å². The van der Waals surface area contributed by atoms with Crippen molar-refractivity contribution >= 4 is 11.3 Å². The maximum absolute atomic E-state index is 6.00. The van der Waals surface area contributed by atoms with E-state index in [0.717, 1.165) is 5.69 Å². The minimum atomic E-state index is 0.921. The van der Waals surface area contributed by atoms with Crippen LogP contribution in [0.25, 0.3) is 5.57 Å². The molecule has 0 amide bonds. The molecule has 2 rings (SSSR count). The van der Waals surface area contributed by atoms with Gasteiger partial charge in [0.2, 0.25) is 0 Å². The van der Waals surface area contributed by atoms with Crippen LogP contribution in [0.1, 0.15) is 44.1 Å². The van der Waals surface area contributed by atoms with Crippen LogP contribution in [0, 0.1) is 0 Å². The van der Waals surface area contributed by atoms with Gasteiger partial charge in [-0.2, -0.15) is 0 Å². The summed E-state index contributed by atoms with van der Waals surface area (Å²) in [5.41, 5.74) is 9.62. The Morgan fingerprint density at radius 3 is 2.60 bits per heavy atom. The van der Waals surface area contributed by atoms with Crippen molar-refractivity contribution < 1.29 is 0 Å². The molecule has 1 heteroatoms. The summed E-state index contributed by atoms with van der Waals surface area (Å²) in [4.78, 5) is 0. The van der Waals surface area contributed by atoms with Crippen molar-refractivity contribution in [2.75, 3.05) is 5.73 Å². The van der Waals surface area contributed by atoms with Gasteiger partial charge in [-0.3, -0.25) is 0 Å². The van der Waals surface area contributed by atoms with E-state index in [0.29, 0.717) is 0 Å². The number of allylic oxidation sites excluding steroid dienone is 2. The third-order valence-electron chi connectivity index (χ3n) is 3.10. The van der Waals surface area contributed by atoms with Gasteiger partial charge in [0.25, 0.3) is 0 Å². The Morgan fingerprint density at radius 2 is 1.73 bits per heavy atom. The number of nitrogen functional groups attached to an aromatic ring is 1. The summed E-state index contributed by atoms with van der Waals surface area (Å²) in [5.74, 6) is 0. The van der Waals surface area contributed by atoms with Gasteiger partial charge in [-0.1, -0.05) is 37.1 Å². The fraction of sp³-hybridized carbons (Fsp3) is 0.429. The van der Waals surface area contributed by atoms with Gasteiger partial charge >= 0.3 is 0 Å². The van der Waals surface area contributed by atoms with Gasteiger partial charge in [0.1, 0.15) is 0 Å². The Morgan fingerprint density at radius 1 is 0.933 bits per heavy atom. The Kier molecular flexibility index (Phi) is 3.44. The van der Waals surface area contributed by atoms with Crippen LogP contribution < -0.4 is 5.73 Å². The molecule has 1 aliphatic rings. The monoisotopic (exact) mass is 201 g/mol. The Hall–Kier alpha value is -1.24. The molecule has 0 bridgehead atoms. The van der Waals surface area contributed by atoms with Crippen molar-refractivity contribution in [1.82, 2.24) is 0 Å². The molecule has 1 aromatic rings. The highest BCUT2D eigenvalue weighted by molar-refractivity contribution is 5.74. The van der Waals surface area contributed by atoms with E-state index in [9.17, 15) is 0 Å². The topological polar surface area (TPSA) is 26.0 Å². The van der Waals surface area contributed by atoms with Gasteiger partial charge in [-0.05, 0) is 37.3 Å². The molecule has 1 aliphatic carbocycles. The second kappa shape index (κ2) is 5.01. The molecule has 0 atom stereocenters. The van der Waals surface area contributed by atoms with E-state index in [-0.39, 0.29) is 0 Å². The molecule has 0 fully saturated rings. The molecule has 0 spiro atoms. The van der Waals surface area contributed by atoms with Crippen LogP contribution in [0.2, 0.25) is 0 Å². The lowest BCUT2D eigenvalue weighted by Gasteiger charge is -2.13. The minimum Gasteiger partial charge on any atom is -0.398 e. The zero-order valence-corrected chi connectivity index (χ0v) is 9.21. The summed E-state index contributed by atoms with van der Waals surface area (Å²) in [5, 5.41) is 0. The second-order valence-corrected chi connectivity index (χ2v) is 4.27.